The number of fused-ring (bicyclic) bond motifs is 1. The maximum atomic E-state index is 13.3. The fraction of sp³-hybridized carbons (Fsp3) is 0.0909. The molecule has 0 radical (unpaired) electrons. The van der Waals surface area contributed by atoms with Gasteiger partial charge in [-0.2, -0.15) is 0 Å². The van der Waals surface area contributed by atoms with Crippen molar-refractivity contribution in [1.29, 1.82) is 0 Å². The van der Waals surface area contributed by atoms with E-state index in [4.69, 9.17) is 0 Å². The van der Waals surface area contributed by atoms with Gasteiger partial charge in [0.2, 0.25) is 0 Å². The number of halogens is 1. The second kappa shape index (κ2) is 6.56. The van der Waals surface area contributed by atoms with Crippen LogP contribution in [0.4, 0.5) is 10.1 Å². The minimum absolute atomic E-state index is 0.283. The fourth-order valence-corrected chi connectivity index (χ4v) is 3.22. The molecule has 0 unspecified atom stereocenters. The molecule has 0 aliphatic heterocycles. The number of rotatable bonds is 3. The van der Waals surface area contributed by atoms with Crippen LogP contribution in [0.1, 0.15) is 17.0 Å². The van der Waals surface area contributed by atoms with E-state index in [1.165, 1.54) is 12.1 Å². The topological polar surface area (TPSA) is 30.2 Å². The smallest absolute Gasteiger partial charge is 0.125 e. The molecule has 0 saturated carbocycles. The van der Waals surface area contributed by atoms with Crippen molar-refractivity contribution in [3.8, 4) is 5.69 Å². The zero-order valence-electron chi connectivity index (χ0n) is 14.6. The van der Waals surface area contributed by atoms with Gasteiger partial charge in [-0.05, 0) is 62.4 Å². The molecule has 0 bridgehead atoms. The molecule has 0 fully saturated rings. The first-order valence-electron chi connectivity index (χ1n) is 8.45. The Morgan fingerprint density at radius 3 is 2.73 bits per heavy atom. The molecule has 3 nitrogen and oxygen atoms in total. The number of pyridine rings is 1. The van der Waals surface area contributed by atoms with Gasteiger partial charge in [0.15, 0.2) is 0 Å². The van der Waals surface area contributed by atoms with Crippen LogP contribution in [0.5, 0.6) is 0 Å². The van der Waals surface area contributed by atoms with E-state index >= 15 is 0 Å². The number of aryl methyl sites for hydroxylation is 1. The molecule has 2 aromatic carbocycles. The standard InChI is InChI=1S/C22H18FN3/c1-15-11-18(14-25-20-7-3-6-19(23)13-20)16(2)26(15)21-8-9-22-17(12-21)5-4-10-24-22/h3-14H,1-2H3. The lowest BCUT2D eigenvalue weighted by Crippen LogP contribution is -1.99. The second-order valence-electron chi connectivity index (χ2n) is 6.28. The molecule has 0 aliphatic carbocycles. The zero-order chi connectivity index (χ0) is 18.1. The van der Waals surface area contributed by atoms with Crippen molar-refractivity contribution >= 4 is 22.8 Å². The molecule has 0 amide bonds. The van der Waals surface area contributed by atoms with Gasteiger partial charge in [0.25, 0.3) is 0 Å². The lowest BCUT2D eigenvalue weighted by Gasteiger charge is -2.10. The summed E-state index contributed by atoms with van der Waals surface area (Å²) >= 11 is 0. The van der Waals surface area contributed by atoms with Crippen LogP contribution in [0.15, 0.2) is 71.9 Å². The molecule has 2 heterocycles. The average molecular weight is 343 g/mol. The molecule has 128 valence electrons. The van der Waals surface area contributed by atoms with E-state index in [0.29, 0.717) is 5.69 Å². The van der Waals surface area contributed by atoms with Crippen molar-refractivity contribution < 1.29 is 4.39 Å². The average Bonchev–Trinajstić information content (AvgIpc) is 2.93. The Balaban J connectivity index is 1.74. The van der Waals surface area contributed by atoms with Crippen LogP contribution in [0.2, 0.25) is 0 Å². The predicted octanol–water partition coefficient (Wildman–Crippen LogP) is 5.53. The van der Waals surface area contributed by atoms with Gasteiger partial charge >= 0.3 is 0 Å². The highest BCUT2D eigenvalue weighted by Gasteiger charge is 2.10. The van der Waals surface area contributed by atoms with E-state index in [1.54, 1.807) is 24.5 Å². The minimum atomic E-state index is -0.283. The first kappa shape index (κ1) is 16.2. The number of nitrogens with zero attached hydrogens (tertiary/aromatic N) is 3. The minimum Gasteiger partial charge on any atom is -0.318 e. The highest BCUT2D eigenvalue weighted by atomic mass is 19.1. The van der Waals surface area contributed by atoms with Crippen LogP contribution in [-0.2, 0) is 0 Å². The summed E-state index contributed by atoms with van der Waals surface area (Å²) in [6.07, 6.45) is 3.59. The second-order valence-corrected chi connectivity index (χ2v) is 6.28. The summed E-state index contributed by atoms with van der Waals surface area (Å²) in [4.78, 5) is 8.78. The van der Waals surface area contributed by atoms with Crippen molar-refractivity contribution in [2.45, 2.75) is 13.8 Å². The lowest BCUT2D eigenvalue weighted by molar-refractivity contribution is 0.628. The van der Waals surface area contributed by atoms with Gasteiger partial charge in [-0.3, -0.25) is 9.98 Å². The summed E-state index contributed by atoms with van der Waals surface area (Å²) in [7, 11) is 0. The molecule has 0 saturated heterocycles. The molecule has 26 heavy (non-hydrogen) atoms. The molecule has 0 spiro atoms. The normalized spacial score (nSPS) is 11.5. The van der Waals surface area contributed by atoms with Gasteiger partial charge in [0.1, 0.15) is 5.82 Å². The Morgan fingerprint density at radius 2 is 1.88 bits per heavy atom. The van der Waals surface area contributed by atoms with Gasteiger partial charge in [-0.15, -0.1) is 0 Å². The van der Waals surface area contributed by atoms with Gasteiger partial charge in [0, 0.05) is 40.4 Å². The Morgan fingerprint density at radius 1 is 1.00 bits per heavy atom. The van der Waals surface area contributed by atoms with E-state index in [9.17, 15) is 4.39 Å². The number of hydrogen-bond donors (Lipinski definition) is 0. The van der Waals surface area contributed by atoms with Gasteiger partial charge in [-0.25, -0.2) is 4.39 Å². The molecular formula is C22H18FN3. The summed E-state index contributed by atoms with van der Waals surface area (Å²) in [5, 5.41) is 1.10. The number of hydrogen-bond acceptors (Lipinski definition) is 2. The van der Waals surface area contributed by atoms with E-state index in [0.717, 1.165) is 33.5 Å². The highest BCUT2D eigenvalue weighted by molar-refractivity contribution is 5.85. The highest BCUT2D eigenvalue weighted by Crippen LogP contribution is 2.23. The van der Waals surface area contributed by atoms with Gasteiger partial charge in [0.05, 0.1) is 11.2 Å². The molecule has 0 atom stereocenters. The monoisotopic (exact) mass is 343 g/mol. The van der Waals surface area contributed by atoms with Crippen molar-refractivity contribution in [3.63, 3.8) is 0 Å². The Kier molecular flexibility index (Phi) is 4.09. The van der Waals surface area contributed by atoms with Crippen molar-refractivity contribution in [1.82, 2.24) is 9.55 Å². The van der Waals surface area contributed by atoms with Crippen molar-refractivity contribution in [2.75, 3.05) is 0 Å². The molecule has 2 aromatic heterocycles. The summed E-state index contributed by atoms with van der Waals surface area (Å²) in [5.41, 5.74) is 5.89. The Labute approximate surface area is 151 Å². The SMILES string of the molecule is Cc1cc(C=Nc2cccc(F)c2)c(C)n1-c1ccc2ncccc2c1. The summed E-state index contributed by atoms with van der Waals surface area (Å²) in [6.45, 7) is 4.13. The fourth-order valence-electron chi connectivity index (χ4n) is 3.22. The maximum absolute atomic E-state index is 13.3. The zero-order valence-corrected chi connectivity index (χ0v) is 14.6. The van der Waals surface area contributed by atoms with E-state index in [2.05, 4.69) is 52.7 Å². The van der Waals surface area contributed by atoms with Crippen LogP contribution in [0.3, 0.4) is 0 Å². The van der Waals surface area contributed by atoms with E-state index in [-0.39, 0.29) is 5.82 Å². The van der Waals surface area contributed by atoms with Crippen LogP contribution in [0, 0.1) is 19.7 Å². The molecule has 4 rings (SSSR count). The summed E-state index contributed by atoms with van der Waals surface area (Å²) < 4.78 is 15.5. The molecule has 4 aromatic rings. The van der Waals surface area contributed by atoms with Crippen LogP contribution in [0.25, 0.3) is 16.6 Å². The quantitative estimate of drug-likeness (QED) is 0.450. The third-order valence-corrected chi connectivity index (χ3v) is 4.48. The number of aliphatic imine (C=N–C) groups is 1. The summed E-state index contributed by atoms with van der Waals surface area (Å²) in [6, 6.07) is 18.6. The van der Waals surface area contributed by atoms with Crippen LogP contribution in [-0.4, -0.2) is 15.8 Å². The molecule has 4 heteroatoms. The van der Waals surface area contributed by atoms with Crippen molar-refractivity contribution in [2.24, 2.45) is 4.99 Å². The lowest BCUT2D eigenvalue weighted by atomic mass is 10.2. The third kappa shape index (κ3) is 3.02. The van der Waals surface area contributed by atoms with Gasteiger partial charge < -0.3 is 4.57 Å². The largest absolute Gasteiger partial charge is 0.318 e. The maximum Gasteiger partial charge on any atom is 0.125 e. The first-order valence-corrected chi connectivity index (χ1v) is 8.45. The van der Waals surface area contributed by atoms with Crippen LogP contribution >= 0.6 is 0 Å². The number of benzene rings is 2. The molecule has 0 N–H and O–H groups in total. The first-order chi connectivity index (χ1) is 12.6. The predicted molar refractivity (Wildman–Crippen MR) is 104 cm³/mol. The Hall–Kier alpha value is -3.27. The van der Waals surface area contributed by atoms with E-state index < -0.39 is 0 Å². The Bertz CT molecular complexity index is 1130. The summed E-state index contributed by atoms with van der Waals surface area (Å²) in [5.74, 6) is -0.283. The third-order valence-electron chi connectivity index (χ3n) is 4.48. The van der Waals surface area contributed by atoms with Crippen LogP contribution < -0.4 is 0 Å². The van der Waals surface area contributed by atoms with Gasteiger partial charge in [-0.1, -0.05) is 12.1 Å². The van der Waals surface area contributed by atoms with E-state index in [1.807, 2.05) is 12.1 Å². The molecule has 0 aliphatic rings. The molecular weight excluding hydrogens is 325 g/mol. The number of aromatic nitrogens is 2. The van der Waals surface area contributed by atoms with Crippen molar-refractivity contribution in [3.05, 3.63) is 89.6 Å².